The predicted octanol–water partition coefficient (Wildman–Crippen LogP) is -2.05. The minimum absolute atomic E-state index is 0. The first-order valence-corrected chi connectivity index (χ1v) is 1.55. The second-order valence-electron chi connectivity index (χ2n) is 0. The maximum absolute atomic E-state index is 6.50. The number of hydrogen-bond acceptors (Lipinski definition) is 6. The quantitative estimate of drug-likeness (QED) is 0.471. The van der Waals surface area contributed by atoms with Crippen LogP contribution in [0.5, 0.6) is 0 Å². The Kier molecular flexibility index (Phi) is 90000. The summed E-state index contributed by atoms with van der Waals surface area (Å²) < 4.78 is 0. The molecular weight excluding hydrogens is 303 g/mol. The van der Waals surface area contributed by atoms with Gasteiger partial charge in [0.25, 0.3) is 0 Å². The summed E-state index contributed by atoms with van der Waals surface area (Å²) >= 11 is 0. The molecule has 0 amide bonds. The molecule has 0 radical (unpaired) electrons. The average molecular weight is 310 g/mol. The molecule has 0 aliphatic carbocycles. The second-order valence-corrected chi connectivity index (χ2v) is 0. The van der Waals surface area contributed by atoms with E-state index in [0.29, 0.717) is 0 Å². The summed E-state index contributed by atoms with van der Waals surface area (Å²) in [5, 5.41) is 39.0. The van der Waals surface area contributed by atoms with Crippen molar-refractivity contribution >= 4 is 0 Å². The van der Waals surface area contributed by atoms with Crippen molar-refractivity contribution in [1.82, 2.24) is 0 Å². The molecule has 0 aliphatic heterocycles. The largest absolute Gasteiger partial charge is 1.00 e. The van der Waals surface area contributed by atoms with Gasteiger partial charge in [0.2, 0.25) is 0 Å². The van der Waals surface area contributed by atoms with Crippen LogP contribution >= 0.6 is 0 Å². The SMILES string of the molecule is C#N.C#N.C#N.C#N.C#N.C#N.[Cr].[Fe].[H-].[K+]. The first kappa shape index (κ1) is 85.8. The van der Waals surface area contributed by atoms with Gasteiger partial charge in [0.15, 0.2) is 0 Å². The van der Waals surface area contributed by atoms with Gasteiger partial charge in [-0.05, 0) is 0 Å². The predicted molar refractivity (Wildman–Crippen MR) is 41.1 cm³/mol. The molecule has 9 heteroatoms. The minimum atomic E-state index is 0. The molecule has 15 heavy (non-hydrogen) atoms. The van der Waals surface area contributed by atoms with Gasteiger partial charge in [0.05, 0.1) is 0 Å². The van der Waals surface area contributed by atoms with Crippen LogP contribution in [0.25, 0.3) is 0 Å². The standard InChI is InChI=1S/6CHN.Cr.Fe.K.H/c6*1-2;;;;/h6*1H;;;;/q;;;;;;;;+1;-1. The Labute approximate surface area is 156 Å². The Morgan fingerprint density at radius 1 is 0.467 bits per heavy atom. The Morgan fingerprint density at radius 2 is 0.467 bits per heavy atom. The summed E-state index contributed by atoms with van der Waals surface area (Å²) in [5.41, 5.74) is 0. The van der Waals surface area contributed by atoms with Crippen LogP contribution in [0.2, 0.25) is 0 Å². The van der Waals surface area contributed by atoms with E-state index in [1.54, 1.807) is 0 Å². The fraction of sp³-hybridized carbons (Fsp3) is 0. The maximum atomic E-state index is 6.50. The van der Waals surface area contributed by atoms with E-state index >= 15 is 0 Å². The van der Waals surface area contributed by atoms with E-state index in [2.05, 4.69) is 39.4 Å². The monoisotopic (exact) mass is 310 g/mol. The van der Waals surface area contributed by atoms with Gasteiger partial charge >= 0.3 is 51.4 Å². The summed E-state index contributed by atoms with van der Waals surface area (Å²) in [6.07, 6.45) is 0. The van der Waals surface area contributed by atoms with Crippen molar-refractivity contribution in [2.45, 2.75) is 0 Å². The van der Waals surface area contributed by atoms with Gasteiger partial charge < -0.3 is 1.43 Å². The zero-order chi connectivity index (χ0) is 12.0. The van der Waals surface area contributed by atoms with E-state index in [-0.39, 0.29) is 87.2 Å². The maximum Gasteiger partial charge on any atom is 1.00 e. The van der Waals surface area contributed by atoms with E-state index in [1.165, 1.54) is 0 Å². The van der Waals surface area contributed by atoms with E-state index in [4.69, 9.17) is 31.6 Å². The molecule has 0 spiro atoms. The van der Waals surface area contributed by atoms with Gasteiger partial charge in [-0.3, -0.25) is 0 Å². The van der Waals surface area contributed by atoms with Crippen LogP contribution in [-0.2, 0) is 34.4 Å². The van der Waals surface area contributed by atoms with Crippen LogP contribution in [0, 0.1) is 71.0 Å². The van der Waals surface area contributed by atoms with Gasteiger partial charge in [-0.1, -0.05) is 0 Å². The van der Waals surface area contributed by atoms with E-state index in [1.807, 2.05) is 0 Å². The Hall–Kier alpha value is -0.372. The summed E-state index contributed by atoms with van der Waals surface area (Å²) in [4.78, 5) is 0. The van der Waals surface area contributed by atoms with Gasteiger partial charge in [-0.25, -0.2) is 31.6 Å². The zero-order valence-electron chi connectivity index (χ0n) is 8.91. The summed E-state index contributed by atoms with van der Waals surface area (Å²) in [5.74, 6) is 0. The molecule has 0 atom stereocenters. The molecule has 0 aliphatic rings. The second kappa shape index (κ2) is 15700. The van der Waals surface area contributed by atoms with Gasteiger partial charge in [-0.15, -0.1) is 0 Å². The van der Waals surface area contributed by atoms with Crippen LogP contribution in [0.4, 0.5) is 0 Å². The third kappa shape index (κ3) is 13300. The van der Waals surface area contributed by atoms with Crippen molar-refractivity contribution in [1.29, 1.82) is 31.6 Å². The molecule has 0 N–H and O–H groups in total. The molecule has 0 aromatic carbocycles. The number of hydrogen-bond donors (Lipinski definition) is 0. The molecule has 0 unspecified atom stereocenters. The average Bonchev–Trinajstić information content (AvgIpc) is 2.33. The molecule has 0 saturated carbocycles. The van der Waals surface area contributed by atoms with E-state index < -0.39 is 0 Å². The first-order chi connectivity index (χ1) is 6.00. The van der Waals surface area contributed by atoms with Crippen LogP contribution in [0.15, 0.2) is 0 Å². The van der Waals surface area contributed by atoms with Crippen LogP contribution in [0.1, 0.15) is 1.43 Å². The van der Waals surface area contributed by atoms with E-state index in [0.717, 1.165) is 0 Å². The number of rotatable bonds is 0. The minimum Gasteiger partial charge on any atom is -1.00 e. The number of nitriles is 6. The topological polar surface area (TPSA) is 143 Å². The van der Waals surface area contributed by atoms with E-state index in [9.17, 15) is 0 Å². The normalized spacial score (nSPS) is 0.800. The first-order valence-electron chi connectivity index (χ1n) is 1.55. The zero-order valence-corrected chi connectivity index (χ0v) is 13.4. The van der Waals surface area contributed by atoms with Gasteiger partial charge in [-0.2, -0.15) is 0 Å². The van der Waals surface area contributed by atoms with Gasteiger partial charge in [0, 0.05) is 73.9 Å². The smallest absolute Gasteiger partial charge is 1.00 e. The van der Waals surface area contributed by atoms with Crippen LogP contribution in [0.3, 0.4) is 0 Å². The Balaban J connectivity index is -0.00000000321. The Morgan fingerprint density at radius 3 is 0.467 bits per heavy atom. The van der Waals surface area contributed by atoms with Crippen molar-refractivity contribution in [2.75, 3.05) is 0 Å². The fourth-order valence-corrected chi connectivity index (χ4v) is 0. The molecule has 0 aromatic heterocycles. The summed E-state index contributed by atoms with van der Waals surface area (Å²) in [7, 11) is 0. The number of nitrogens with zero attached hydrogens (tertiary/aromatic N) is 6. The third-order valence-corrected chi connectivity index (χ3v) is 0. The van der Waals surface area contributed by atoms with Crippen molar-refractivity contribution in [3.63, 3.8) is 0 Å². The molecule has 0 saturated heterocycles. The van der Waals surface area contributed by atoms with Gasteiger partial charge in [0.1, 0.15) is 0 Å². The molecule has 0 heterocycles. The third-order valence-electron chi connectivity index (χ3n) is 0. The molecule has 6 nitrogen and oxygen atoms in total. The molecule has 0 aromatic rings. The summed E-state index contributed by atoms with van der Waals surface area (Å²) in [6.45, 7) is 21.0. The van der Waals surface area contributed by atoms with Crippen molar-refractivity contribution in [3.05, 3.63) is 0 Å². The molecule has 0 bridgehead atoms. The van der Waals surface area contributed by atoms with Crippen LogP contribution in [-0.4, -0.2) is 0 Å². The Bertz CT molecular complexity index is 108. The summed E-state index contributed by atoms with van der Waals surface area (Å²) in [6, 6.07) is 0. The molecular formula is C6H7CrFeKN6. The van der Waals surface area contributed by atoms with Crippen molar-refractivity contribution < 1.29 is 87.2 Å². The molecule has 0 fully saturated rings. The van der Waals surface area contributed by atoms with Crippen molar-refractivity contribution in [3.8, 4) is 39.4 Å². The van der Waals surface area contributed by atoms with Crippen LogP contribution < -0.4 is 51.4 Å². The van der Waals surface area contributed by atoms with Crippen molar-refractivity contribution in [2.24, 2.45) is 0 Å². The fourth-order valence-electron chi connectivity index (χ4n) is 0. The molecule has 0 rings (SSSR count). The molecule has 76 valence electrons.